The predicted molar refractivity (Wildman–Crippen MR) is 88.4 cm³/mol. The summed E-state index contributed by atoms with van der Waals surface area (Å²) in [4.78, 5) is 0. The summed E-state index contributed by atoms with van der Waals surface area (Å²) in [6, 6.07) is 0.908. The van der Waals surface area contributed by atoms with E-state index >= 15 is 0 Å². The third-order valence-electron chi connectivity index (χ3n) is 2.70. The molecule has 0 saturated heterocycles. The molecule has 0 bridgehead atoms. The fraction of sp³-hybridized carbons (Fsp3) is 1.00. The van der Waals surface area contributed by atoms with Crippen molar-refractivity contribution in [1.29, 1.82) is 0 Å². The van der Waals surface area contributed by atoms with Crippen LogP contribution in [0.1, 0.15) is 13.8 Å². The lowest BCUT2D eigenvalue weighted by molar-refractivity contribution is 0.482. The van der Waals surface area contributed by atoms with E-state index < -0.39 is 0 Å². The average Bonchev–Trinajstić information content (AvgIpc) is 2.40. The Morgan fingerprint density at radius 2 is 1.39 bits per heavy atom. The van der Waals surface area contributed by atoms with Crippen molar-refractivity contribution < 1.29 is 0 Å². The standard InChI is InChI=1S/C12H30N4S2/c1-3-13-7-12(10-18)16-6-5-14-8-11(9-17)15-4-2/h11-18H,3-10H2,1-2H3. The van der Waals surface area contributed by atoms with Crippen LogP contribution in [-0.2, 0) is 0 Å². The first-order valence-electron chi connectivity index (χ1n) is 6.88. The Labute approximate surface area is 123 Å². The van der Waals surface area contributed by atoms with Gasteiger partial charge < -0.3 is 21.3 Å². The fourth-order valence-electron chi connectivity index (χ4n) is 1.65. The van der Waals surface area contributed by atoms with Gasteiger partial charge in [-0.3, -0.25) is 0 Å². The van der Waals surface area contributed by atoms with Gasteiger partial charge in [-0.15, -0.1) is 0 Å². The summed E-state index contributed by atoms with van der Waals surface area (Å²) in [6.07, 6.45) is 0. The first kappa shape index (κ1) is 18.5. The van der Waals surface area contributed by atoms with Gasteiger partial charge in [-0.05, 0) is 13.1 Å². The van der Waals surface area contributed by atoms with Crippen LogP contribution >= 0.6 is 25.3 Å². The zero-order valence-electron chi connectivity index (χ0n) is 11.7. The van der Waals surface area contributed by atoms with Gasteiger partial charge in [0.2, 0.25) is 0 Å². The summed E-state index contributed by atoms with van der Waals surface area (Å²) in [5.41, 5.74) is 0. The summed E-state index contributed by atoms with van der Waals surface area (Å²) in [5, 5.41) is 13.6. The number of likely N-dealkylation sites (N-methyl/N-ethyl adjacent to an activating group) is 2. The van der Waals surface area contributed by atoms with Crippen LogP contribution in [-0.4, -0.2) is 62.9 Å². The highest BCUT2D eigenvalue weighted by molar-refractivity contribution is 7.80. The maximum Gasteiger partial charge on any atom is 0.0281 e. The minimum Gasteiger partial charge on any atom is -0.315 e. The van der Waals surface area contributed by atoms with E-state index in [2.05, 4.69) is 60.4 Å². The number of thiol groups is 2. The Hall–Kier alpha value is 0.540. The lowest BCUT2D eigenvalue weighted by atomic mass is 10.3. The summed E-state index contributed by atoms with van der Waals surface area (Å²) in [7, 11) is 0. The van der Waals surface area contributed by atoms with E-state index in [0.717, 1.165) is 50.8 Å². The van der Waals surface area contributed by atoms with Crippen LogP contribution in [0.3, 0.4) is 0 Å². The zero-order valence-corrected chi connectivity index (χ0v) is 13.5. The van der Waals surface area contributed by atoms with Gasteiger partial charge in [0.15, 0.2) is 0 Å². The third-order valence-corrected chi connectivity index (χ3v) is 3.58. The minimum atomic E-state index is 0.449. The van der Waals surface area contributed by atoms with Gasteiger partial charge in [-0.25, -0.2) is 0 Å². The molecule has 2 atom stereocenters. The predicted octanol–water partition coefficient (Wildman–Crippen LogP) is -0.0186. The molecule has 2 unspecified atom stereocenters. The van der Waals surface area contributed by atoms with E-state index in [9.17, 15) is 0 Å². The van der Waals surface area contributed by atoms with Gasteiger partial charge >= 0.3 is 0 Å². The van der Waals surface area contributed by atoms with Gasteiger partial charge in [0.25, 0.3) is 0 Å². The lowest BCUT2D eigenvalue weighted by Crippen LogP contribution is -2.45. The molecule has 0 fully saturated rings. The van der Waals surface area contributed by atoms with E-state index in [1.807, 2.05) is 0 Å². The van der Waals surface area contributed by atoms with Crippen LogP contribution in [0.4, 0.5) is 0 Å². The highest BCUT2D eigenvalue weighted by Gasteiger charge is 2.05. The molecule has 18 heavy (non-hydrogen) atoms. The van der Waals surface area contributed by atoms with Crippen molar-refractivity contribution in [3.8, 4) is 0 Å². The smallest absolute Gasteiger partial charge is 0.0281 e. The molecule has 0 radical (unpaired) electrons. The van der Waals surface area contributed by atoms with Gasteiger partial charge in [-0.2, -0.15) is 25.3 Å². The van der Waals surface area contributed by atoms with Crippen molar-refractivity contribution >= 4 is 25.3 Å². The van der Waals surface area contributed by atoms with Gasteiger partial charge in [0.05, 0.1) is 0 Å². The molecule has 4 N–H and O–H groups in total. The minimum absolute atomic E-state index is 0.449. The molecule has 0 aliphatic rings. The molecule has 0 saturated carbocycles. The molecular formula is C12H30N4S2. The van der Waals surface area contributed by atoms with Crippen LogP contribution < -0.4 is 21.3 Å². The van der Waals surface area contributed by atoms with Crippen LogP contribution in [0.25, 0.3) is 0 Å². The topological polar surface area (TPSA) is 48.1 Å². The second-order valence-electron chi connectivity index (χ2n) is 4.28. The van der Waals surface area contributed by atoms with Crippen LogP contribution in [0.15, 0.2) is 0 Å². The molecule has 0 aromatic carbocycles. The fourth-order valence-corrected chi connectivity index (χ4v) is 2.17. The second kappa shape index (κ2) is 14.0. The Morgan fingerprint density at radius 3 is 1.94 bits per heavy atom. The molecule has 0 aliphatic heterocycles. The Bertz CT molecular complexity index is 172. The van der Waals surface area contributed by atoms with Crippen LogP contribution in [0, 0.1) is 0 Å². The Balaban J connectivity index is 3.46. The first-order valence-corrected chi connectivity index (χ1v) is 8.14. The van der Waals surface area contributed by atoms with Crippen molar-refractivity contribution in [2.75, 3.05) is 50.8 Å². The third kappa shape index (κ3) is 10.5. The Kier molecular flexibility index (Phi) is 14.4. The van der Waals surface area contributed by atoms with Crippen molar-refractivity contribution in [1.82, 2.24) is 21.3 Å². The molecule has 6 heteroatoms. The largest absolute Gasteiger partial charge is 0.315 e. The van der Waals surface area contributed by atoms with Crippen molar-refractivity contribution in [2.24, 2.45) is 0 Å². The Morgan fingerprint density at radius 1 is 0.778 bits per heavy atom. The van der Waals surface area contributed by atoms with Gasteiger partial charge in [-0.1, -0.05) is 13.8 Å². The van der Waals surface area contributed by atoms with E-state index in [-0.39, 0.29) is 0 Å². The highest BCUT2D eigenvalue weighted by Crippen LogP contribution is 1.87. The molecule has 0 spiro atoms. The first-order chi connectivity index (χ1) is 8.78. The van der Waals surface area contributed by atoms with Crippen molar-refractivity contribution in [2.45, 2.75) is 25.9 Å². The summed E-state index contributed by atoms with van der Waals surface area (Å²) in [5.74, 6) is 1.73. The van der Waals surface area contributed by atoms with Gasteiger partial charge in [0, 0.05) is 49.8 Å². The van der Waals surface area contributed by atoms with Gasteiger partial charge in [0.1, 0.15) is 0 Å². The van der Waals surface area contributed by atoms with E-state index in [1.165, 1.54) is 0 Å². The molecule has 0 aromatic rings. The number of nitrogens with one attached hydrogen (secondary N) is 4. The van der Waals surface area contributed by atoms with E-state index in [1.54, 1.807) is 0 Å². The summed E-state index contributed by atoms with van der Waals surface area (Å²) in [6.45, 7) is 10.2. The maximum atomic E-state index is 4.35. The molecule has 0 heterocycles. The normalized spacial score (nSPS) is 14.7. The summed E-state index contributed by atoms with van der Waals surface area (Å²) < 4.78 is 0. The van der Waals surface area contributed by atoms with Crippen LogP contribution in [0.2, 0.25) is 0 Å². The molecule has 110 valence electrons. The van der Waals surface area contributed by atoms with Crippen molar-refractivity contribution in [3.63, 3.8) is 0 Å². The molecule has 4 nitrogen and oxygen atoms in total. The average molecular weight is 295 g/mol. The maximum absolute atomic E-state index is 4.35. The molecule has 0 rings (SSSR count). The van der Waals surface area contributed by atoms with Crippen molar-refractivity contribution in [3.05, 3.63) is 0 Å². The summed E-state index contributed by atoms with van der Waals surface area (Å²) >= 11 is 8.67. The zero-order chi connectivity index (χ0) is 13.6. The lowest BCUT2D eigenvalue weighted by Gasteiger charge is -2.19. The number of rotatable bonds is 13. The SMILES string of the molecule is CCNCC(CS)NCCNCC(CS)NCC. The molecule has 0 amide bonds. The molecule has 0 aromatic heterocycles. The van der Waals surface area contributed by atoms with E-state index in [4.69, 9.17) is 0 Å². The monoisotopic (exact) mass is 294 g/mol. The number of hydrogen-bond donors (Lipinski definition) is 6. The van der Waals surface area contributed by atoms with Crippen LogP contribution in [0.5, 0.6) is 0 Å². The number of hydrogen-bond acceptors (Lipinski definition) is 6. The quantitative estimate of drug-likeness (QED) is 0.214. The van der Waals surface area contributed by atoms with E-state index in [0.29, 0.717) is 12.1 Å². The molecule has 0 aliphatic carbocycles. The molecular weight excluding hydrogens is 264 g/mol. The second-order valence-corrected chi connectivity index (χ2v) is 5.01. The highest BCUT2D eigenvalue weighted by atomic mass is 32.1.